The third kappa shape index (κ3) is 2.37. The Labute approximate surface area is 129 Å². The Morgan fingerprint density at radius 2 is 1.73 bits per heavy atom. The lowest BCUT2D eigenvalue weighted by atomic mass is 9.99. The molecule has 2 aromatic rings. The molecule has 112 valence electrons. The van der Waals surface area contributed by atoms with Gasteiger partial charge in [-0.15, -0.1) is 0 Å². The molecular weight excluding hydrogens is 276 g/mol. The molecule has 0 unspecified atom stereocenters. The van der Waals surface area contributed by atoms with Crippen LogP contribution in [0, 0.1) is 20.8 Å². The number of hydrogen-bond donors (Lipinski definition) is 1. The summed E-state index contributed by atoms with van der Waals surface area (Å²) in [6, 6.07) is 11.3. The smallest absolute Gasteiger partial charge is 0.259 e. The summed E-state index contributed by atoms with van der Waals surface area (Å²) in [6.45, 7) is 5.99. The van der Waals surface area contributed by atoms with Crippen molar-refractivity contribution in [3.8, 4) is 0 Å². The lowest BCUT2D eigenvalue weighted by Crippen LogP contribution is -2.42. The largest absolute Gasteiger partial charge is 0.323 e. The van der Waals surface area contributed by atoms with Crippen LogP contribution in [0.2, 0.25) is 0 Å². The van der Waals surface area contributed by atoms with Gasteiger partial charge in [0.25, 0.3) is 5.91 Å². The van der Waals surface area contributed by atoms with E-state index < -0.39 is 0 Å². The minimum atomic E-state index is -0.173. The number of carbonyl (C=O) groups excluding carboxylic acids is 2. The highest BCUT2D eigenvalue weighted by molar-refractivity contribution is 6.15. The summed E-state index contributed by atoms with van der Waals surface area (Å²) in [7, 11) is 0. The second-order valence-corrected chi connectivity index (χ2v) is 5.71. The van der Waals surface area contributed by atoms with Crippen molar-refractivity contribution in [2.75, 3.05) is 16.8 Å². The minimum absolute atomic E-state index is 0.0439. The van der Waals surface area contributed by atoms with Crippen molar-refractivity contribution in [1.82, 2.24) is 0 Å². The molecule has 1 heterocycles. The van der Waals surface area contributed by atoms with Crippen LogP contribution in [0.5, 0.6) is 0 Å². The number of hydrogen-bond acceptors (Lipinski definition) is 2. The Morgan fingerprint density at radius 1 is 1.05 bits per heavy atom. The number of para-hydroxylation sites is 2. The summed E-state index contributed by atoms with van der Waals surface area (Å²) in [6.07, 6.45) is 0. The van der Waals surface area contributed by atoms with Crippen LogP contribution in [-0.2, 0) is 4.79 Å². The van der Waals surface area contributed by atoms with Crippen LogP contribution in [0.4, 0.5) is 11.4 Å². The average Bonchev–Trinajstić information content (AvgIpc) is 2.49. The maximum Gasteiger partial charge on any atom is 0.259 e. The van der Waals surface area contributed by atoms with E-state index in [9.17, 15) is 9.59 Å². The Morgan fingerprint density at radius 3 is 2.50 bits per heavy atom. The van der Waals surface area contributed by atoms with E-state index in [4.69, 9.17) is 0 Å². The highest BCUT2D eigenvalue weighted by Gasteiger charge is 2.28. The molecule has 3 rings (SSSR count). The topological polar surface area (TPSA) is 49.4 Å². The first-order valence-corrected chi connectivity index (χ1v) is 7.26. The van der Waals surface area contributed by atoms with Gasteiger partial charge in [-0.3, -0.25) is 14.5 Å². The van der Waals surface area contributed by atoms with E-state index in [1.165, 1.54) is 0 Å². The van der Waals surface area contributed by atoms with E-state index >= 15 is 0 Å². The van der Waals surface area contributed by atoms with Crippen LogP contribution >= 0.6 is 0 Å². The van der Waals surface area contributed by atoms with E-state index in [1.807, 2.05) is 51.1 Å². The molecule has 1 N–H and O–H groups in total. The molecule has 4 nitrogen and oxygen atoms in total. The second-order valence-electron chi connectivity index (χ2n) is 5.71. The van der Waals surface area contributed by atoms with Gasteiger partial charge in [0.05, 0.1) is 11.4 Å². The summed E-state index contributed by atoms with van der Waals surface area (Å²) in [5.74, 6) is -0.309. The number of fused-ring (bicyclic) bond motifs is 1. The highest BCUT2D eigenvalue weighted by Crippen LogP contribution is 2.30. The van der Waals surface area contributed by atoms with Crippen molar-refractivity contribution in [1.29, 1.82) is 0 Å². The number of nitrogens with zero attached hydrogens (tertiary/aromatic N) is 1. The van der Waals surface area contributed by atoms with Crippen LogP contribution in [0.25, 0.3) is 0 Å². The van der Waals surface area contributed by atoms with Gasteiger partial charge in [-0.2, -0.15) is 0 Å². The van der Waals surface area contributed by atoms with E-state index in [0.29, 0.717) is 11.3 Å². The molecule has 2 aromatic carbocycles. The molecule has 0 radical (unpaired) electrons. The van der Waals surface area contributed by atoms with Gasteiger partial charge in [-0.1, -0.05) is 18.2 Å². The van der Waals surface area contributed by atoms with Crippen LogP contribution in [0.3, 0.4) is 0 Å². The van der Waals surface area contributed by atoms with E-state index in [0.717, 1.165) is 22.4 Å². The molecule has 0 saturated heterocycles. The third-order valence-electron chi connectivity index (χ3n) is 4.09. The van der Waals surface area contributed by atoms with Crippen LogP contribution < -0.4 is 10.2 Å². The normalized spacial score (nSPS) is 13.6. The van der Waals surface area contributed by atoms with Crippen molar-refractivity contribution in [3.63, 3.8) is 0 Å². The summed E-state index contributed by atoms with van der Waals surface area (Å²) in [4.78, 5) is 26.4. The number of amides is 2. The predicted octanol–water partition coefficient (Wildman–Crippen LogP) is 3.21. The minimum Gasteiger partial charge on any atom is -0.323 e. The summed E-state index contributed by atoms with van der Waals surface area (Å²) < 4.78 is 0. The lowest BCUT2D eigenvalue weighted by Gasteiger charge is -2.29. The van der Waals surface area contributed by atoms with Gasteiger partial charge in [-0.05, 0) is 55.7 Å². The fraction of sp³-hybridized carbons (Fsp3) is 0.222. The second kappa shape index (κ2) is 5.30. The van der Waals surface area contributed by atoms with Gasteiger partial charge in [-0.25, -0.2) is 0 Å². The molecule has 0 bridgehead atoms. The van der Waals surface area contributed by atoms with Gasteiger partial charge < -0.3 is 5.32 Å². The van der Waals surface area contributed by atoms with Crippen LogP contribution in [0.15, 0.2) is 36.4 Å². The Bertz CT molecular complexity index is 781. The monoisotopic (exact) mass is 294 g/mol. The molecule has 0 fully saturated rings. The van der Waals surface area contributed by atoms with Crippen molar-refractivity contribution < 1.29 is 9.59 Å². The summed E-state index contributed by atoms with van der Waals surface area (Å²) in [5, 5.41) is 2.80. The summed E-state index contributed by atoms with van der Waals surface area (Å²) >= 11 is 0. The van der Waals surface area contributed by atoms with Crippen molar-refractivity contribution >= 4 is 23.2 Å². The quantitative estimate of drug-likeness (QED) is 0.878. The molecule has 1 aliphatic heterocycles. The number of carbonyl (C=O) groups is 2. The number of anilines is 2. The number of rotatable bonds is 1. The first-order valence-electron chi connectivity index (χ1n) is 7.26. The molecule has 4 heteroatoms. The van der Waals surface area contributed by atoms with E-state index in [1.54, 1.807) is 11.0 Å². The van der Waals surface area contributed by atoms with Gasteiger partial charge in [0.2, 0.25) is 5.91 Å². The predicted molar refractivity (Wildman–Crippen MR) is 87.4 cm³/mol. The molecule has 1 aliphatic rings. The zero-order chi connectivity index (χ0) is 15.9. The molecule has 22 heavy (non-hydrogen) atoms. The maximum atomic E-state index is 12.9. The Balaban J connectivity index is 2.06. The van der Waals surface area contributed by atoms with Crippen molar-refractivity contribution in [3.05, 3.63) is 58.7 Å². The van der Waals surface area contributed by atoms with Crippen LogP contribution in [0.1, 0.15) is 27.0 Å². The van der Waals surface area contributed by atoms with Gasteiger partial charge >= 0.3 is 0 Å². The number of nitrogens with one attached hydrogen (secondary N) is 1. The van der Waals surface area contributed by atoms with Gasteiger partial charge in [0.15, 0.2) is 0 Å². The molecule has 0 aromatic heterocycles. The first kappa shape index (κ1) is 14.3. The van der Waals surface area contributed by atoms with E-state index in [2.05, 4.69) is 5.32 Å². The molecule has 0 atom stereocenters. The molecule has 0 saturated carbocycles. The first-order chi connectivity index (χ1) is 10.5. The SMILES string of the molecule is Cc1cc(C)c(C(=O)N2CC(=O)Nc3ccccc32)cc1C. The van der Waals surface area contributed by atoms with Crippen molar-refractivity contribution in [2.45, 2.75) is 20.8 Å². The Kier molecular flexibility index (Phi) is 3.45. The molecule has 2 amide bonds. The Hall–Kier alpha value is -2.62. The summed E-state index contributed by atoms with van der Waals surface area (Å²) in [5.41, 5.74) is 5.22. The van der Waals surface area contributed by atoms with Crippen LogP contribution in [-0.4, -0.2) is 18.4 Å². The zero-order valence-electron chi connectivity index (χ0n) is 12.9. The molecule has 0 spiro atoms. The van der Waals surface area contributed by atoms with Gasteiger partial charge in [0.1, 0.15) is 6.54 Å². The molecule has 0 aliphatic carbocycles. The zero-order valence-corrected chi connectivity index (χ0v) is 12.9. The fourth-order valence-corrected chi connectivity index (χ4v) is 2.75. The molecular formula is C18H18N2O2. The highest BCUT2D eigenvalue weighted by atomic mass is 16.2. The lowest BCUT2D eigenvalue weighted by molar-refractivity contribution is -0.115. The van der Waals surface area contributed by atoms with Gasteiger partial charge in [0, 0.05) is 5.56 Å². The maximum absolute atomic E-state index is 12.9. The number of aryl methyl sites for hydroxylation is 3. The number of benzene rings is 2. The van der Waals surface area contributed by atoms with Crippen molar-refractivity contribution in [2.24, 2.45) is 0 Å². The average molecular weight is 294 g/mol. The standard InChI is InChI=1S/C18H18N2O2/c1-11-8-13(3)14(9-12(11)2)18(22)20-10-17(21)19-15-6-4-5-7-16(15)20/h4-9H,10H2,1-3H3,(H,19,21). The fourth-order valence-electron chi connectivity index (χ4n) is 2.75. The van der Waals surface area contributed by atoms with E-state index in [-0.39, 0.29) is 18.4 Å². The third-order valence-corrected chi connectivity index (χ3v) is 4.09.